The minimum Gasteiger partial charge on any atom is -0.316 e. The Bertz CT molecular complexity index is 455. The molecule has 0 amide bonds. The second kappa shape index (κ2) is 3.66. The number of nitrogens with zero attached hydrogens (tertiary/aromatic N) is 2. The maximum absolute atomic E-state index is 4.32. The number of imidazole rings is 1. The standard InChI is InChI=1S/C12H15N3/c1-4-11(10-3-2-6-13-9-10)15-8-7-14-12(15)5-1/h1,4-5,7-8,10,13H,2-3,6,9H2/t10-/m0/s1. The largest absolute Gasteiger partial charge is 0.316 e. The lowest BCUT2D eigenvalue weighted by Gasteiger charge is -2.23. The fourth-order valence-corrected chi connectivity index (χ4v) is 2.41. The van der Waals surface area contributed by atoms with Gasteiger partial charge < -0.3 is 9.72 Å². The molecule has 0 unspecified atom stereocenters. The van der Waals surface area contributed by atoms with Crippen LogP contribution in [0.25, 0.3) is 5.65 Å². The third kappa shape index (κ3) is 1.53. The number of piperidine rings is 1. The van der Waals surface area contributed by atoms with E-state index in [2.05, 4.69) is 39.1 Å². The lowest BCUT2D eigenvalue weighted by atomic mass is 9.95. The van der Waals surface area contributed by atoms with Crippen LogP contribution < -0.4 is 5.32 Å². The lowest BCUT2D eigenvalue weighted by Crippen LogP contribution is -2.29. The van der Waals surface area contributed by atoms with E-state index in [-0.39, 0.29) is 0 Å². The van der Waals surface area contributed by atoms with Crippen LogP contribution in [0.15, 0.2) is 30.6 Å². The van der Waals surface area contributed by atoms with Crippen LogP contribution >= 0.6 is 0 Å². The Balaban J connectivity index is 2.05. The average molecular weight is 201 g/mol. The Kier molecular flexibility index (Phi) is 2.18. The molecule has 3 nitrogen and oxygen atoms in total. The molecule has 1 saturated heterocycles. The van der Waals surface area contributed by atoms with E-state index < -0.39 is 0 Å². The minimum absolute atomic E-state index is 0.636. The number of fused-ring (bicyclic) bond motifs is 1. The summed E-state index contributed by atoms with van der Waals surface area (Å²) < 4.78 is 2.21. The van der Waals surface area contributed by atoms with Crippen LogP contribution in [-0.4, -0.2) is 22.5 Å². The van der Waals surface area contributed by atoms with Gasteiger partial charge in [0.05, 0.1) is 0 Å². The van der Waals surface area contributed by atoms with E-state index >= 15 is 0 Å². The van der Waals surface area contributed by atoms with Gasteiger partial charge in [-0.2, -0.15) is 0 Å². The predicted molar refractivity (Wildman–Crippen MR) is 60.0 cm³/mol. The molecule has 1 fully saturated rings. The molecule has 78 valence electrons. The molecule has 1 aliphatic heterocycles. The topological polar surface area (TPSA) is 29.3 Å². The SMILES string of the molecule is c1cc([C@H]2CCCNC2)n2ccnc2c1. The van der Waals surface area contributed by atoms with Gasteiger partial charge in [-0.3, -0.25) is 0 Å². The monoisotopic (exact) mass is 201 g/mol. The van der Waals surface area contributed by atoms with E-state index in [4.69, 9.17) is 0 Å². The zero-order valence-electron chi connectivity index (χ0n) is 8.69. The second-order valence-corrected chi connectivity index (χ2v) is 4.15. The van der Waals surface area contributed by atoms with E-state index in [9.17, 15) is 0 Å². The molecule has 0 spiro atoms. The number of pyridine rings is 1. The van der Waals surface area contributed by atoms with Gasteiger partial charge in [0.15, 0.2) is 0 Å². The lowest BCUT2D eigenvalue weighted by molar-refractivity contribution is 0.452. The van der Waals surface area contributed by atoms with E-state index in [0.29, 0.717) is 5.92 Å². The molecule has 1 N–H and O–H groups in total. The number of hydrogen-bond acceptors (Lipinski definition) is 2. The van der Waals surface area contributed by atoms with Crippen molar-refractivity contribution in [2.24, 2.45) is 0 Å². The predicted octanol–water partition coefficient (Wildman–Crippen LogP) is 1.80. The van der Waals surface area contributed by atoms with Crippen molar-refractivity contribution in [2.45, 2.75) is 18.8 Å². The third-order valence-corrected chi connectivity index (χ3v) is 3.17. The van der Waals surface area contributed by atoms with Crippen LogP contribution in [0, 0.1) is 0 Å². The molecule has 0 radical (unpaired) electrons. The molecule has 15 heavy (non-hydrogen) atoms. The van der Waals surface area contributed by atoms with E-state index in [0.717, 1.165) is 18.7 Å². The summed E-state index contributed by atoms with van der Waals surface area (Å²) >= 11 is 0. The van der Waals surface area contributed by atoms with E-state index in [1.165, 1.54) is 18.5 Å². The van der Waals surface area contributed by atoms with Gasteiger partial charge in [-0.15, -0.1) is 0 Å². The number of aromatic nitrogens is 2. The van der Waals surface area contributed by atoms with Gasteiger partial charge in [0, 0.05) is 30.6 Å². The van der Waals surface area contributed by atoms with Crippen molar-refractivity contribution in [1.82, 2.24) is 14.7 Å². The number of rotatable bonds is 1. The first kappa shape index (κ1) is 8.92. The molecule has 3 heteroatoms. The van der Waals surface area contributed by atoms with Crippen molar-refractivity contribution in [3.8, 4) is 0 Å². The Labute approximate surface area is 89.1 Å². The molecule has 3 rings (SSSR count). The maximum Gasteiger partial charge on any atom is 0.136 e. The average Bonchev–Trinajstić information content (AvgIpc) is 2.78. The maximum atomic E-state index is 4.32. The summed E-state index contributed by atoms with van der Waals surface area (Å²) in [5, 5.41) is 3.46. The zero-order valence-corrected chi connectivity index (χ0v) is 8.69. The molecule has 0 bridgehead atoms. The Morgan fingerprint density at radius 1 is 1.40 bits per heavy atom. The summed E-state index contributed by atoms with van der Waals surface area (Å²) in [7, 11) is 0. The summed E-state index contributed by atoms with van der Waals surface area (Å²) in [4.78, 5) is 4.32. The summed E-state index contributed by atoms with van der Waals surface area (Å²) in [5.74, 6) is 0.636. The van der Waals surface area contributed by atoms with Crippen molar-refractivity contribution >= 4 is 5.65 Å². The van der Waals surface area contributed by atoms with Crippen LogP contribution in [0.3, 0.4) is 0 Å². The smallest absolute Gasteiger partial charge is 0.136 e. The minimum atomic E-state index is 0.636. The molecule has 2 aromatic heterocycles. The summed E-state index contributed by atoms with van der Waals surface area (Å²) in [6, 6.07) is 6.37. The molecular weight excluding hydrogens is 186 g/mol. The van der Waals surface area contributed by atoms with Crippen LogP contribution in [0.4, 0.5) is 0 Å². The van der Waals surface area contributed by atoms with Crippen molar-refractivity contribution in [2.75, 3.05) is 13.1 Å². The van der Waals surface area contributed by atoms with Gasteiger partial charge in [0.1, 0.15) is 5.65 Å². The fraction of sp³-hybridized carbons (Fsp3) is 0.417. The van der Waals surface area contributed by atoms with Gasteiger partial charge in [-0.25, -0.2) is 4.98 Å². The van der Waals surface area contributed by atoms with Gasteiger partial charge in [-0.1, -0.05) is 6.07 Å². The second-order valence-electron chi connectivity index (χ2n) is 4.15. The van der Waals surface area contributed by atoms with Crippen LogP contribution in [0.5, 0.6) is 0 Å². The quantitative estimate of drug-likeness (QED) is 0.762. The Morgan fingerprint density at radius 2 is 2.40 bits per heavy atom. The van der Waals surface area contributed by atoms with Crippen molar-refractivity contribution in [3.05, 3.63) is 36.3 Å². The highest BCUT2D eigenvalue weighted by molar-refractivity contribution is 5.40. The van der Waals surface area contributed by atoms with Crippen molar-refractivity contribution < 1.29 is 0 Å². The van der Waals surface area contributed by atoms with Gasteiger partial charge >= 0.3 is 0 Å². The van der Waals surface area contributed by atoms with Gasteiger partial charge in [-0.05, 0) is 31.5 Å². The summed E-state index contributed by atoms with van der Waals surface area (Å²) in [5.41, 5.74) is 2.44. The molecule has 0 aromatic carbocycles. The molecule has 1 aliphatic rings. The fourth-order valence-electron chi connectivity index (χ4n) is 2.41. The van der Waals surface area contributed by atoms with E-state index in [1.54, 1.807) is 0 Å². The Hall–Kier alpha value is -1.35. The Morgan fingerprint density at radius 3 is 3.27 bits per heavy atom. The summed E-state index contributed by atoms with van der Waals surface area (Å²) in [6.45, 7) is 2.26. The van der Waals surface area contributed by atoms with Crippen LogP contribution in [0.1, 0.15) is 24.5 Å². The van der Waals surface area contributed by atoms with Crippen LogP contribution in [0.2, 0.25) is 0 Å². The van der Waals surface area contributed by atoms with Gasteiger partial charge in [0.2, 0.25) is 0 Å². The molecule has 1 atom stereocenters. The molecular formula is C12H15N3. The zero-order chi connectivity index (χ0) is 10.1. The number of hydrogen-bond donors (Lipinski definition) is 1. The first-order chi connectivity index (χ1) is 7.45. The van der Waals surface area contributed by atoms with E-state index in [1.807, 2.05) is 6.20 Å². The molecule has 0 saturated carbocycles. The summed E-state index contributed by atoms with van der Waals surface area (Å²) in [6.07, 6.45) is 6.48. The highest BCUT2D eigenvalue weighted by Crippen LogP contribution is 2.23. The highest BCUT2D eigenvalue weighted by Gasteiger charge is 2.17. The first-order valence-electron chi connectivity index (χ1n) is 5.58. The van der Waals surface area contributed by atoms with Crippen molar-refractivity contribution in [3.63, 3.8) is 0 Å². The first-order valence-corrected chi connectivity index (χ1v) is 5.58. The molecule has 2 aromatic rings. The van der Waals surface area contributed by atoms with Crippen molar-refractivity contribution in [1.29, 1.82) is 0 Å². The van der Waals surface area contributed by atoms with Gasteiger partial charge in [0.25, 0.3) is 0 Å². The van der Waals surface area contributed by atoms with Crippen LogP contribution in [-0.2, 0) is 0 Å². The number of nitrogens with one attached hydrogen (secondary N) is 1. The highest BCUT2D eigenvalue weighted by atomic mass is 15.0. The normalized spacial score (nSPS) is 22.0. The molecule has 3 heterocycles. The molecule has 0 aliphatic carbocycles. The third-order valence-electron chi connectivity index (χ3n) is 3.17.